The number of nitrogens with one attached hydrogen (secondary N) is 2. The van der Waals surface area contributed by atoms with E-state index in [1.54, 1.807) is 0 Å². The molecule has 1 aromatic heterocycles. The average molecular weight is 281 g/mol. The Kier molecular flexibility index (Phi) is 3.48. The van der Waals surface area contributed by atoms with Crippen LogP contribution in [0.25, 0.3) is 0 Å². The van der Waals surface area contributed by atoms with Crippen LogP contribution < -0.4 is 10.9 Å². The Hall–Kier alpha value is -0.630. The summed E-state index contributed by atoms with van der Waals surface area (Å²) in [4.78, 5) is 17.3. The fourth-order valence-electron chi connectivity index (χ4n) is 0.681. The summed E-state index contributed by atoms with van der Waals surface area (Å²) in [5.74, 6) is 0.508. The van der Waals surface area contributed by atoms with Crippen LogP contribution in [0.4, 0.5) is 5.82 Å². The van der Waals surface area contributed by atoms with Crippen molar-refractivity contribution >= 4 is 28.4 Å². The highest BCUT2D eigenvalue weighted by atomic mass is 127. The molecule has 0 aliphatic carbocycles. The zero-order valence-electron chi connectivity index (χ0n) is 6.17. The number of rotatable bonds is 3. The van der Waals surface area contributed by atoms with Gasteiger partial charge in [-0.2, -0.15) is 0 Å². The van der Waals surface area contributed by atoms with Crippen LogP contribution in [-0.4, -0.2) is 28.2 Å². The molecule has 0 unspecified atom stereocenters. The van der Waals surface area contributed by atoms with E-state index >= 15 is 0 Å². The van der Waals surface area contributed by atoms with Gasteiger partial charge in [0.25, 0.3) is 5.56 Å². The van der Waals surface area contributed by atoms with Crippen molar-refractivity contribution in [2.75, 3.05) is 18.5 Å². The standard InChI is InChI=1S/C6H8IN3O2/c7-4-5(8-1-2-11)9-3-10-6(4)12/h3,11H,1-2H2,(H2,8,9,10,12). The van der Waals surface area contributed by atoms with Crippen molar-refractivity contribution in [3.05, 3.63) is 20.3 Å². The van der Waals surface area contributed by atoms with Crippen molar-refractivity contribution in [3.63, 3.8) is 0 Å². The van der Waals surface area contributed by atoms with E-state index < -0.39 is 0 Å². The molecule has 0 saturated carbocycles. The Morgan fingerprint density at radius 1 is 1.75 bits per heavy atom. The number of H-pyrrole nitrogens is 1. The molecule has 0 spiro atoms. The molecule has 12 heavy (non-hydrogen) atoms. The summed E-state index contributed by atoms with van der Waals surface area (Å²) in [6, 6.07) is 0. The molecule has 0 atom stereocenters. The van der Waals surface area contributed by atoms with Crippen molar-refractivity contribution < 1.29 is 5.11 Å². The molecule has 6 heteroatoms. The molecule has 0 bridgehead atoms. The van der Waals surface area contributed by atoms with E-state index in [4.69, 9.17) is 5.11 Å². The third-order valence-electron chi connectivity index (χ3n) is 1.20. The van der Waals surface area contributed by atoms with Gasteiger partial charge in [0.2, 0.25) is 0 Å². The van der Waals surface area contributed by atoms with E-state index in [0.29, 0.717) is 15.9 Å². The smallest absolute Gasteiger partial charge is 0.266 e. The molecular weight excluding hydrogens is 273 g/mol. The summed E-state index contributed by atoms with van der Waals surface area (Å²) >= 11 is 1.89. The number of hydrogen-bond acceptors (Lipinski definition) is 4. The second kappa shape index (κ2) is 4.41. The molecule has 0 aliphatic rings. The van der Waals surface area contributed by atoms with Crippen LogP contribution in [0.2, 0.25) is 0 Å². The first-order valence-corrected chi connectivity index (χ1v) is 4.41. The first-order chi connectivity index (χ1) is 5.75. The molecule has 0 aromatic carbocycles. The molecule has 0 radical (unpaired) electrons. The lowest BCUT2D eigenvalue weighted by molar-refractivity contribution is 0.311. The highest BCUT2D eigenvalue weighted by molar-refractivity contribution is 14.1. The van der Waals surface area contributed by atoms with E-state index in [0.717, 1.165) is 0 Å². The largest absolute Gasteiger partial charge is 0.395 e. The fraction of sp³-hybridized carbons (Fsp3) is 0.333. The number of aromatic amines is 1. The minimum atomic E-state index is -0.175. The quantitative estimate of drug-likeness (QED) is 0.669. The lowest BCUT2D eigenvalue weighted by atomic mass is 10.5. The monoisotopic (exact) mass is 281 g/mol. The van der Waals surface area contributed by atoms with Crippen LogP contribution >= 0.6 is 22.6 Å². The molecule has 1 rings (SSSR count). The molecule has 0 fully saturated rings. The van der Waals surface area contributed by atoms with E-state index in [2.05, 4.69) is 15.3 Å². The summed E-state index contributed by atoms with van der Waals surface area (Å²) in [5, 5.41) is 11.3. The zero-order valence-corrected chi connectivity index (χ0v) is 8.33. The van der Waals surface area contributed by atoms with Gasteiger partial charge in [-0.1, -0.05) is 0 Å². The van der Waals surface area contributed by atoms with Crippen LogP contribution in [0.1, 0.15) is 0 Å². The van der Waals surface area contributed by atoms with Gasteiger partial charge in [-0.15, -0.1) is 0 Å². The molecule has 5 nitrogen and oxygen atoms in total. The Morgan fingerprint density at radius 3 is 3.17 bits per heavy atom. The molecule has 1 aromatic rings. The normalized spacial score (nSPS) is 9.83. The topological polar surface area (TPSA) is 78.0 Å². The average Bonchev–Trinajstić information content (AvgIpc) is 2.08. The van der Waals surface area contributed by atoms with Gasteiger partial charge in [-0.05, 0) is 22.6 Å². The maximum absolute atomic E-state index is 11.0. The zero-order chi connectivity index (χ0) is 8.97. The fourth-order valence-corrected chi connectivity index (χ4v) is 1.17. The molecule has 66 valence electrons. The summed E-state index contributed by atoms with van der Waals surface area (Å²) in [6.45, 7) is 0.414. The number of aliphatic hydroxyl groups is 1. The number of hydrogen-bond donors (Lipinski definition) is 3. The van der Waals surface area contributed by atoms with Crippen molar-refractivity contribution in [2.24, 2.45) is 0 Å². The Balaban J connectivity index is 2.85. The minimum absolute atomic E-state index is 0.0184. The van der Waals surface area contributed by atoms with Gasteiger partial charge < -0.3 is 15.4 Å². The summed E-state index contributed by atoms with van der Waals surface area (Å²) in [5.41, 5.74) is -0.175. The number of nitrogens with zero attached hydrogens (tertiary/aromatic N) is 1. The highest BCUT2D eigenvalue weighted by Crippen LogP contribution is 2.07. The van der Waals surface area contributed by atoms with Gasteiger partial charge in [0.15, 0.2) is 0 Å². The predicted molar refractivity (Wildman–Crippen MR) is 53.2 cm³/mol. The maximum Gasteiger partial charge on any atom is 0.266 e. The van der Waals surface area contributed by atoms with Crippen molar-refractivity contribution in [1.29, 1.82) is 0 Å². The second-order valence-corrected chi connectivity index (χ2v) is 3.12. The van der Waals surface area contributed by atoms with E-state index in [1.165, 1.54) is 6.33 Å². The van der Waals surface area contributed by atoms with Crippen LogP contribution in [0.3, 0.4) is 0 Å². The van der Waals surface area contributed by atoms with Crippen LogP contribution in [0.5, 0.6) is 0 Å². The lowest BCUT2D eigenvalue weighted by Crippen LogP contribution is -2.16. The highest BCUT2D eigenvalue weighted by Gasteiger charge is 2.02. The first kappa shape index (κ1) is 9.46. The van der Waals surface area contributed by atoms with Crippen molar-refractivity contribution in [1.82, 2.24) is 9.97 Å². The predicted octanol–water partition coefficient (Wildman–Crippen LogP) is -0.221. The molecule has 1 heterocycles. The van der Waals surface area contributed by atoms with Gasteiger partial charge >= 0.3 is 0 Å². The molecule has 0 amide bonds. The number of aliphatic hydroxyl groups excluding tert-OH is 1. The summed E-state index contributed by atoms with van der Waals surface area (Å²) in [6.07, 6.45) is 1.32. The Labute approximate surface area is 82.4 Å². The molecular formula is C6H8IN3O2. The first-order valence-electron chi connectivity index (χ1n) is 3.33. The Morgan fingerprint density at radius 2 is 2.50 bits per heavy atom. The third kappa shape index (κ3) is 2.18. The van der Waals surface area contributed by atoms with Crippen LogP contribution in [0.15, 0.2) is 11.1 Å². The van der Waals surface area contributed by atoms with Crippen molar-refractivity contribution in [2.45, 2.75) is 0 Å². The molecule has 0 saturated heterocycles. The van der Waals surface area contributed by atoms with E-state index in [9.17, 15) is 4.79 Å². The van der Waals surface area contributed by atoms with Gasteiger partial charge in [-0.25, -0.2) is 4.98 Å². The molecule has 0 aliphatic heterocycles. The lowest BCUT2D eigenvalue weighted by Gasteiger charge is -2.03. The Bertz CT molecular complexity index is 312. The van der Waals surface area contributed by atoms with Gasteiger partial charge in [-0.3, -0.25) is 4.79 Å². The van der Waals surface area contributed by atoms with Gasteiger partial charge in [0.05, 0.1) is 12.9 Å². The summed E-state index contributed by atoms with van der Waals surface area (Å²) < 4.78 is 0.503. The minimum Gasteiger partial charge on any atom is -0.395 e. The van der Waals surface area contributed by atoms with E-state index in [1.807, 2.05) is 22.6 Å². The van der Waals surface area contributed by atoms with Crippen LogP contribution in [0, 0.1) is 3.57 Å². The second-order valence-electron chi connectivity index (χ2n) is 2.04. The van der Waals surface area contributed by atoms with Crippen molar-refractivity contribution in [3.8, 4) is 0 Å². The molecule has 3 N–H and O–H groups in total. The third-order valence-corrected chi connectivity index (χ3v) is 2.20. The maximum atomic E-state index is 11.0. The van der Waals surface area contributed by atoms with Crippen LogP contribution in [-0.2, 0) is 0 Å². The summed E-state index contributed by atoms with van der Waals surface area (Å²) in [7, 11) is 0. The SMILES string of the molecule is O=c1[nH]cnc(NCCO)c1I. The number of aromatic nitrogens is 2. The van der Waals surface area contributed by atoms with Gasteiger partial charge in [0.1, 0.15) is 9.39 Å². The number of anilines is 1. The number of halogens is 1. The van der Waals surface area contributed by atoms with E-state index in [-0.39, 0.29) is 12.2 Å². The van der Waals surface area contributed by atoms with Gasteiger partial charge in [0, 0.05) is 6.54 Å².